The van der Waals surface area contributed by atoms with Crippen molar-refractivity contribution < 1.29 is 9.59 Å². The van der Waals surface area contributed by atoms with Gasteiger partial charge in [0.25, 0.3) is 5.91 Å². The predicted molar refractivity (Wildman–Crippen MR) is 96.5 cm³/mol. The van der Waals surface area contributed by atoms with Crippen LogP contribution >= 0.6 is 0 Å². The van der Waals surface area contributed by atoms with Gasteiger partial charge in [0.05, 0.1) is 0 Å². The number of likely N-dealkylation sites (tertiary alicyclic amines) is 2. The van der Waals surface area contributed by atoms with Crippen LogP contribution in [0.15, 0.2) is 24.3 Å². The number of hydrogen-bond acceptors (Lipinski definition) is 3. The van der Waals surface area contributed by atoms with E-state index in [2.05, 4.69) is 4.90 Å². The fraction of sp³-hybridized carbons (Fsp3) is 0.600. The molecule has 2 saturated heterocycles. The highest BCUT2D eigenvalue weighted by atomic mass is 16.2. The highest BCUT2D eigenvalue weighted by Crippen LogP contribution is 2.25. The summed E-state index contributed by atoms with van der Waals surface area (Å²) in [6, 6.07) is 7.44. The molecule has 2 amide bonds. The lowest BCUT2D eigenvalue weighted by Gasteiger charge is -2.38. The predicted octanol–water partition coefficient (Wildman–Crippen LogP) is 1.77. The highest BCUT2D eigenvalue weighted by molar-refractivity contribution is 6.00. The molecule has 0 N–H and O–H groups in total. The molecule has 3 aliphatic rings. The fourth-order valence-corrected chi connectivity index (χ4v) is 4.40. The third-order valence-corrected chi connectivity index (χ3v) is 5.86. The van der Waals surface area contributed by atoms with Crippen molar-refractivity contribution in [1.29, 1.82) is 0 Å². The van der Waals surface area contributed by atoms with Gasteiger partial charge >= 0.3 is 0 Å². The van der Waals surface area contributed by atoms with Gasteiger partial charge in [0.15, 0.2) is 0 Å². The fourth-order valence-electron chi connectivity index (χ4n) is 4.40. The van der Waals surface area contributed by atoms with Crippen LogP contribution in [0.5, 0.6) is 0 Å². The standard InChI is InChI=1S/C20H27N3O2/c24-19-17-8-2-1-7-16(17)15-18(20(25)22-11-5-6-12-22)23(19)14-13-21-9-3-4-10-21/h1-2,7-8,18H,3-6,9-15H2. The van der Waals surface area contributed by atoms with E-state index in [-0.39, 0.29) is 17.9 Å². The Morgan fingerprint density at radius 3 is 2.40 bits per heavy atom. The summed E-state index contributed by atoms with van der Waals surface area (Å²) >= 11 is 0. The van der Waals surface area contributed by atoms with E-state index in [0.717, 1.165) is 56.7 Å². The normalized spacial score (nSPS) is 24.0. The lowest BCUT2D eigenvalue weighted by molar-refractivity contribution is -0.135. The summed E-state index contributed by atoms with van der Waals surface area (Å²) in [5.74, 6) is 0.167. The second-order valence-electron chi connectivity index (χ2n) is 7.46. The van der Waals surface area contributed by atoms with E-state index < -0.39 is 0 Å². The number of fused-ring (bicyclic) bond motifs is 1. The molecule has 0 radical (unpaired) electrons. The van der Waals surface area contributed by atoms with E-state index in [1.54, 1.807) is 0 Å². The maximum atomic E-state index is 13.1. The zero-order valence-electron chi connectivity index (χ0n) is 14.8. The summed E-state index contributed by atoms with van der Waals surface area (Å²) in [6.07, 6.45) is 5.30. The molecule has 134 valence electrons. The van der Waals surface area contributed by atoms with Crippen molar-refractivity contribution in [2.45, 2.75) is 38.1 Å². The van der Waals surface area contributed by atoms with Crippen LogP contribution in [0.1, 0.15) is 41.6 Å². The van der Waals surface area contributed by atoms with E-state index in [4.69, 9.17) is 0 Å². The third kappa shape index (κ3) is 3.30. The van der Waals surface area contributed by atoms with Crippen molar-refractivity contribution in [2.75, 3.05) is 39.3 Å². The smallest absolute Gasteiger partial charge is 0.254 e. The maximum absolute atomic E-state index is 13.1. The first-order valence-corrected chi connectivity index (χ1v) is 9.64. The highest BCUT2D eigenvalue weighted by Gasteiger charge is 2.38. The Labute approximate surface area is 149 Å². The summed E-state index contributed by atoms with van der Waals surface area (Å²) in [7, 11) is 0. The van der Waals surface area contributed by atoms with Gasteiger partial charge in [-0.1, -0.05) is 18.2 Å². The van der Waals surface area contributed by atoms with Gasteiger partial charge in [-0.3, -0.25) is 9.59 Å². The molecule has 25 heavy (non-hydrogen) atoms. The van der Waals surface area contributed by atoms with Crippen molar-refractivity contribution >= 4 is 11.8 Å². The number of rotatable bonds is 4. The minimum atomic E-state index is -0.330. The van der Waals surface area contributed by atoms with Crippen molar-refractivity contribution in [3.8, 4) is 0 Å². The number of nitrogens with zero attached hydrogens (tertiary/aromatic N) is 3. The minimum Gasteiger partial charge on any atom is -0.341 e. The van der Waals surface area contributed by atoms with Gasteiger partial charge in [-0.2, -0.15) is 0 Å². The Bertz CT molecular complexity index is 648. The molecule has 0 aliphatic carbocycles. The molecule has 1 aromatic carbocycles. The molecule has 0 saturated carbocycles. The number of carbonyl (C=O) groups excluding carboxylic acids is 2. The Balaban J connectivity index is 1.56. The molecular weight excluding hydrogens is 314 g/mol. The average Bonchev–Trinajstić information content (AvgIpc) is 3.34. The van der Waals surface area contributed by atoms with Crippen LogP contribution in [-0.4, -0.2) is 71.8 Å². The Hall–Kier alpha value is -1.88. The number of carbonyl (C=O) groups is 2. The molecule has 2 fully saturated rings. The zero-order valence-corrected chi connectivity index (χ0v) is 14.8. The second-order valence-corrected chi connectivity index (χ2v) is 7.46. The van der Waals surface area contributed by atoms with Crippen LogP contribution in [0, 0.1) is 0 Å². The monoisotopic (exact) mass is 341 g/mol. The molecule has 1 aromatic rings. The van der Waals surface area contributed by atoms with Gasteiger partial charge in [-0.15, -0.1) is 0 Å². The van der Waals surface area contributed by atoms with Crippen LogP contribution in [0.3, 0.4) is 0 Å². The topological polar surface area (TPSA) is 43.9 Å². The summed E-state index contributed by atoms with van der Waals surface area (Å²) < 4.78 is 0. The zero-order chi connectivity index (χ0) is 17.2. The molecule has 0 aromatic heterocycles. The molecule has 5 heteroatoms. The van der Waals surface area contributed by atoms with Crippen LogP contribution < -0.4 is 0 Å². The first-order chi connectivity index (χ1) is 12.2. The molecular formula is C20H27N3O2. The van der Waals surface area contributed by atoms with Crippen molar-refractivity contribution in [3.63, 3.8) is 0 Å². The van der Waals surface area contributed by atoms with Crippen LogP contribution in [-0.2, 0) is 11.2 Å². The van der Waals surface area contributed by atoms with Crippen LogP contribution in [0.2, 0.25) is 0 Å². The van der Waals surface area contributed by atoms with E-state index in [1.165, 1.54) is 12.8 Å². The van der Waals surface area contributed by atoms with Gasteiger partial charge in [0.1, 0.15) is 6.04 Å². The molecule has 4 rings (SSSR count). The van der Waals surface area contributed by atoms with Crippen molar-refractivity contribution in [2.24, 2.45) is 0 Å². The van der Waals surface area contributed by atoms with Gasteiger partial charge in [-0.25, -0.2) is 0 Å². The first kappa shape index (κ1) is 16.6. The van der Waals surface area contributed by atoms with Crippen molar-refractivity contribution in [3.05, 3.63) is 35.4 Å². The van der Waals surface area contributed by atoms with Crippen molar-refractivity contribution in [1.82, 2.24) is 14.7 Å². The first-order valence-electron chi connectivity index (χ1n) is 9.64. The average molecular weight is 341 g/mol. The second kappa shape index (κ2) is 7.16. The molecule has 3 aliphatic heterocycles. The summed E-state index contributed by atoms with van der Waals surface area (Å²) in [5.41, 5.74) is 1.79. The van der Waals surface area contributed by atoms with Gasteiger partial charge in [0, 0.05) is 38.2 Å². The molecule has 5 nitrogen and oxygen atoms in total. The summed E-state index contributed by atoms with van der Waals surface area (Å²) in [4.78, 5) is 32.4. The number of benzene rings is 1. The summed E-state index contributed by atoms with van der Waals surface area (Å²) in [6.45, 7) is 5.43. The molecule has 1 atom stereocenters. The Morgan fingerprint density at radius 2 is 1.64 bits per heavy atom. The van der Waals surface area contributed by atoms with E-state index in [0.29, 0.717) is 13.0 Å². The van der Waals surface area contributed by atoms with Gasteiger partial charge in [-0.05, 0) is 50.4 Å². The molecule has 1 unspecified atom stereocenters. The van der Waals surface area contributed by atoms with Crippen LogP contribution in [0.25, 0.3) is 0 Å². The lowest BCUT2D eigenvalue weighted by atomic mass is 9.92. The molecule has 0 spiro atoms. The molecule has 0 bridgehead atoms. The quantitative estimate of drug-likeness (QED) is 0.838. The number of amides is 2. The Kier molecular flexibility index (Phi) is 4.75. The largest absolute Gasteiger partial charge is 0.341 e. The van der Waals surface area contributed by atoms with E-state index in [1.807, 2.05) is 34.1 Å². The number of hydrogen-bond donors (Lipinski definition) is 0. The third-order valence-electron chi connectivity index (χ3n) is 5.86. The van der Waals surface area contributed by atoms with Crippen LogP contribution in [0.4, 0.5) is 0 Å². The SMILES string of the molecule is O=C(C1Cc2ccccc2C(=O)N1CCN1CCCC1)N1CCCC1. The van der Waals surface area contributed by atoms with E-state index in [9.17, 15) is 9.59 Å². The Morgan fingerprint density at radius 1 is 0.960 bits per heavy atom. The van der Waals surface area contributed by atoms with Gasteiger partial charge < -0.3 is 14.7 Å². The van der Waals surface area contributed by atoms with E-state index >= 15 is 0 Å². The maximum Gasteiger partial charge on any atom is 0.254 e. The molecule has 3 heterocycles. The minimum absolute atomic E-state index is 0.0265. The lowest BCUT2D eigenvalue weighted by Crippen LogP contribution is -2.55. The summed E-state index contributed by atoms with van der Waals surface area (Å²) in [5, 5.41) is 0. The van der Waals surface area contributed by atoms with Gasteiger partial charge in [0.2, 0.25) is 5.91 Å².